The summed E-state index contributed by atoms with van der Waals surface area (Å²) >= 11 is 14.4. The molecule has 1 heterocycles. The van der Waals surface area contributed by atoms with E-state index in [1.165, 1.54) is 0 Å². The van der Waals surface area contributed by atoms with Crippen LogP contribution in [0.4, 0.5) is 5.69 Å². The lowest BCUT2D eigenvalue weighted by atomic mass is 10.2. The zero-order chi connectivity index (χ0) is 19.0. The summed E-state index contributed by atoms with van der Waals surface area (Å²) in [7, 11) is 0. The van der Waals surface area contributed by atoms with Crippen LogP contribution in [0.25, 0.3) is 22.6 Å². The average molecular weight is 509 g/mol. The SMILES string of the molecule is O=C(Nc1ccc2oc(-c3cc(Cl)ccc3Cl)nc2c1)c1cccc(I)c1. The van der Waals surface area contributed by atoms with Crippen molar-refractivity contribution in [1.29, 1.82) is 0 Å². The minimum atomic E-state index is -0.186. The largest absolute Gasteiger partial charge is 0.436 e. The molecule has 0 bridgehead atoms. The first-order chi connectivity index (χ1) is 13.0. The number of nitrogens with one attached hydrogen (secondary N) is 1. The fourth-order valence-corrected chi connectivity index (χ4v) is 3.53. The zero-order valence-corrected chi connectivity index (χ0v) is 17.3. The van der Waals surface area contributed by atoms with Crippen molar-refractivity contribution in [3.63, 3.8) is 0 Å². The van der Waals surface area contributed by atoms with Crippen LogP contribution in [0, 0.1) is 3.57 Å². The van der Waals surface area contributed by atoms with Crippen molar-refractivity contribution in [3.05, 3.63) is 79.8 Å². The molecule has 0 radical (unpaired) electrons. The lowest BCUT2D eigenvalue weighted by Crippen LogP contribution is -2.11. The molecule has 1 N–H and O–H groups in total. The van der Waals surface area contributed by atoms with E-state index in [1.807, 2.05) is 18.2 Å². The Bertz CT molecular complexity index is 1170. The normalized spacial score (nSPS) is 10.9. The number of amides is 1. The number of nitrogens with zero attached hydrogens (tertiary/aromatic N) is 1. The van der Waals surface area contributed by atoms with E-state index in [0.29, 0.717) is 43.9 Å². The summed E-state index contributed by atoms with van der Waals surface area (Å²) in [6, 6.07) is 17.8. The maximum Gasteiger partial charge on any atom is 0.255 e. The Morgan fingerprint density at radius 2 is 1.89 bits per heavy atom. The number of aromatic nitrogens is 1. The third-order valence-electron chi connectivity index (χ3n) is 3.89. The minimum Gasteiger partial charge on any atom is -0.436 e. The van der Waals surface area contributed by atoms with Crippen molar-refractivity contribution in [2.45, 2.75) is 0 Å². The van der Waals surface area contributed by atoms with Gasteiger partial charge in [-0.1, -0.05) is 29.3 Å². The van der Waals surface area contributed by atoms with Crippen LogP contribution in [0.3, 0.4) is 0 Å². The van der Waals surface area contributed by atoms with Crippen molar-refractivity contribution >= 4 is 68.5 Å². The molecule has 1 aromatic heterocycles. The third kappa shape index (κ3) is 3.95. The molecule has 0 fully saturated rings. The number of hydrogen-bond donors (Lipinski definition) is 1. The van der Waals surface area contributed by atoms with E-state index in [2.05, 4.69) is 32.9 Å². The van der Waals surface area contributed by atoms with E-state index < -0.39 is 0 Å². The molecule has 0 atom stereocenters. The van der Waals surface area contributed by atoms with Crippen molar-refractivity contribution < 1.29 is 9.21 Å². The van der Waals surface area contributed by atoms with Crippen LogP contribution >= 0.6 is 45.8 Å². The van der Waals surface area contributed by atoms with E-state index in [-0.39, 0.29) is 5.91 Å². The maximum atomic E-state index is 12.4. The molecular formula is C20H11Cl2IN2O2. The number of anilines is 1. The molecular weight excluding hydrogens is 498 g/mol. The molecule has 1 amide bonds. The van der Waals surface area contributed by atoms with Crippen molar-refractivity contribution in [2.75, 3.05) is 5.32 Å². The molecule has 27 heavy (non-hydrogen) atoms. The molecule has 4 nitrogen and oxygen atoms in total. The van der Waals surface area contributed by atoms with Gasteiger partial charge in [-0.25, -0.2) is 4.98 Å². The molecule has 0 unspecified atom stereocenters. The first kappa shape index (κ1) is 18.3. The van der Waals surface area contributed by atoms with Crippen molar-refractivity contribution in [2.24, 2.45) is 0 Å². The Morgan fingerprint density at radius 3 is 2.70 bits per heavy atom. The van der Waals surface area contributed by atoms with Gasteiger partial charge in [0.25, 0.3) is 5.91 Å². The number of hydrogen-bond acceptors (Lipinski definition) is 3. The van der Waals surface area contributed by atoms with E-state index >= 15 is 0 Å². The third-order valence-corrected chi connectivity index (χ3v) is 5.13. The van der Waals surface area contributed by atoms with Gasteiger partial charge in [0.2, 0.25) is 5.89 Å². The lowest BCUT2D eigenvalue weighted by Gasteiger charge is -2.05. The molecule has 0 aliphatic carbocycles. The molecule has 4 aromatic rings. The monoisotopic (exact) mass is 508 g/mol. The molecule has 0 saturated heterocycles. The summed E-state index contributed by atoms with van der Waals surface area (Å²) in [5, 5.41) is 3.92. The highest BCUT2D eigenvalue weighted by atomic mass is 127. The van der Waals surface area contributed by atoms with Crippen LogP contribution in [0.1, 0.15) is 10.4 Å². The summed E-state index contributed by atoms with van der Waals surface area (Å²) in [6.07, 6.45) is 0. The van der Waals surface area contributed by atoms with Crippen molar-refractivity contribution in [3.8, 4) is 11.5 Å². The van der Waals surface area contributed by atoms with Gasteiger partial charge in [-0.05, 0) is 77.2 Å². The molecule has 7 heteroatoms. The number of fused-ring (bicyclic) bond motifs is 1. The number of benzene rings is 3. The van der Waals surface area contributed by atoms with Crippen LogP contribution in [-0.4, -0.2) is 10.9 Å². The van der Waals surface area contributed by atoms with E-state index in [9.17, 15) is 4.79 Å². The molecule has 0 spiro atoms. The Balaban J connectivity index is 1.65. The van der Waals surface area contributed by atoms with Crippen LogP contribution in [0.5, 0.6) is 0 Å². The molecule has 3 aromatic carbocycles. The molecule has 4 rings (SSSR count). The molecule has 0 aliphatic rings. The first-order valence-corrected chi connectivity index (χ1v) is 9.76. The summed E-state index contributed by atoms with van der Waals surface area (Å²) in [6.45, 7) is 0. The van der Waals surface area contributed by atoms with Gasteiger partial charge in [-0.2, -0.15) is 0 Å². The predicted octanol–water partition coefficient (Wildman–Crippen LogP) is 6.66. The van der Waals surface area contributed by atoms with Crippen LogP contribution in [-0.2, 0) is 0 Å². The topological polar surface area (TPSA) is 55.1 Å². The maximum absolute atomic E-state index is 12.4. The van der Waals surface area contributed by atoms with Crippen LogP contribution in [0.2, 0.25) is 10.0 Å². The van der Waals surface area contributed by atoms with Crippen LogP contribution in [0.15, 0.2) is 65.1 Å². The first-order valence-electron chi connectivity index (χ1n) is 7.92. The summed E-state index contributed by atoms with van der Waals surface area (Å²) in [4.78, 5) is 16.9. The van der Waals surface area contributed by atoms with Gasteiger partial charge >= 0.3 is 0 Å². The zero-order valence-electron chi connectivity index (χ0n) is 13.7. The summed E-state index contributed by atoms with van der Waals surface area (Å²) in [5.74, 6) is 0.188. The Hall–Kier alpha value is -2.09. The number of rotatable bonds is 3. The highest BCUT2D eigenvalue weighted by Gasteiger charge is 2.14. The second-order valence-electron chi connectivity index (χ2n) is 5.79. The smallest absolute Gasteiger partial charge is 0.255 e. The fourth-order valence-electron chi connectivity index (χ4n) is 2.61. The standard InChI is InChI=1S/C20H11Cl2IN2O2/c21-12-4-6-16(22)15(9-12)20-25-17-10-14(5-7-18(17)27-20)24-19(26)11-2-1-3-13(23)8-11/h1-10H,(H,24,26). The highest BCUT2D eigenvalue weighted by Crippen LogP contribution is 2.32. The van der Waals surface area contributed by atoms with Crippen molar-refractivity contribution in [1.82, 2.24) is 4.98 Å². The van der Waals surface area contributed by atoms with Gasteiger partial charge < -0.3 is 9.73 Å². The highest BCUT2D eigenvalue weighted by molar-refractivity contribution is 14.1. The molecule has 134 valence electrons. The Kier molecular flexibility index (Phi) is 5.08. The van der Waals surface area contributed by atoms with Gasteiger partial charge in [0.05, 0.1) is 10.6 Å². The average Bonchev–Trinajstić information content (AvgIpc) is 3.07. The number of oxazole rings is 1. The minimum absolute atomic E-state index is 0.186. The van der Waals surface area contributed by atoms with Gasteiger partial charge in [0.15, 0.2) is 5.58 Å². The van der Waals surface area contributed by atoms with Gasteiger partial charge in [-0.3, -0.25) is 4.79 Å². The number of carbonyl (C=O) groups excluding carboxylic acids is 1. The summed E-state index contributed by atoms with van der Waals surface area (Å²) < 4.78 is 6.78. The fraction of sp³-hybridized carbons (Fsp3) is 0. The van der Waals surface area contributed by atoms with Gasteiger partial charge in [0.1, 0.15) is 5.52 Å². The second kappa shape index (κ2) is 7.50. The quantitative estimate of drug-likeness (QED) is 0.315. The van der Waals surface area contributed by atoms with Gasteiger partial charge in [-0.15, -0.1) is 0 Å². The molecule has 0 saturated carbocycles. The Labute approximate surface area is 178 Å². The van der Waals surface area contributed by atoms with E-state index in [0.717, 1.165) is 3.57 Å². The second-order valence-corrected chi connectivity index (χ2v) is 7.88. The molecule has 0 aliphatic heterocycles. The van der Waals surface area contributed by atoms with E-state index in [4.69, 9.17) is 27.6 Å². The predicted molar refractivity (Wildman–Crippen MR) is 117 cm³/mol. The van der Waals surface area contributed by atoms with Gasteiger partial charge in [0, 0.05) is 19.8 Å². The lowest BCUT2D eigenvalue weighted by molar-refractivity contribution is 0.102. The number of halogens is 3. The number of carbonyl (C=O) groups is 1. The van der Waals surface area contributed by atoms with Crippen LogP contribution < -0.4 is 5.32 Å². The van der Waals surface area contributed by atoms with E-state index in [1.54, 1.807) is 42.5 Å². The Morgan fingerprint density at radius 1 is 1.04 bits per heavy atom. The summed E-state index contributed by atoms with van der Waals surface area (Å²) in [5.41, 5.74) is 3.04.